The topological polar surface area (TPSA) is 24.9 Å². The van der Waals surface area contributed by atoms with E-state index in [-0.39, 0.29) is 0 Å². The summed E-state index contributed by atoms with van der Waals surface area (Å²) in [7, 11) is 2.02. The fraction of sp³-hybridized carbons (Fsp3) is 0.700. The highest BCUT2D eigenvalue weighted by Crippen LogP contribution is 2.33. The fourth-order valence-electron chi connectivity index (χ4n) is 2.07. The summed E-state index contributed by atoms with van der Waals surface area (Å²) in [5, 5.41) is 4.48. The van der Waals surface area contributed by atoms with Crippen LogP contribution in [0.1, 0.15) is 34.3 Å². The SMILES string of the molecule is CNC[C@H]1CCCc2sc(C)nc21. The van der Waals surface area contributed by atoms with E-state index in [1.54, 1.807) is 0 Å². The first-order valence-electron chi connectivity index (χ1n) is 4.92. The Hall–Kier alpha value is -0.410. The van der Waals surface area contributed by atoms with Crippen LogP contribution in [0, 0.1) is 6.92 Å². The lowest BCUT2D eigenvalue weighted by Crippen LogP contribution is -2.20. The normalized spacial score (nSPS) is 21.5. The van der Waals surface area contributed by atoms with Gasteiger partial charge in [0.15, 0.2) is 0 Å². The standard InChI is InChI=1S/C10H16N2S/c1-7-12-10-8(6-11-2)4-3-5-9(10)13-7/h8,11H,3-6H2,1-2H3/t8-/m1/s1. The molecule has 3 heteroatoms. The molecule has 0 aliphatic heterocycles. The van der Waals surface area contributed by atoms with Gasteiger partial charge in [-0.05, 0) is 33.2 Å². The van der Waals surface area contributed by atoms with E-state index in [9.17, 15) is 0 Å². The second-order valence-electron chi connectivity index (χ2n) is 3.69. The first-order valence-corrected chi connectivity index (χ1v) is 5.73. The lowest BCUT2D eigenvalue weighted by atomic mass is 9.91. The molecule has 0 saturated heterocycles. The summed E-state index contributed by atoms with van der Waals surface area (Å²) in [6.07, 6.45) is 3.89. The molecule has 0 fully saturated rings. The minimum Gasteiger partial charge on any atom is -0.319 e. The predicted molar refractivity (Wildman–Crippen MR) is 56.5 cm³/mol. The molecule has 0 unspecified atom stereocenters. The van der Waals surface area contributed by atoms with Crippen molar-refractivity contribution in [2.45, 2.75) is 32.1 Å². The Morgan fingerprint density at radius 1 is 1.62 bits per heavy atom. The number of aryl methyl sites for hydroxylation is 2. The van der Waals surface area contributed by atoms with Crippen LogP contribution in [0.2, 0.25) is 0 Å². The Labute approximate surface area is 83.4 Å². The highest BCUT2D eigenvalue weighted by molar-refractivity contribution is 7.11. The van der Waals surface area contributed by atoms with Gasteiger partial charge in [-0.3, -0.25) is 0 Å². The van der Waals surface area contributed by atoms with Crippen LogP contribution in [0.25, 0.3) is 0 Å². The molecule has 72 valence electrons. The van der Waals surface area contributed by atoms with Gasteiger partial charge in [0.05, 0.1) is 10.7 Å². The molecule has 1 aliphatic carbocycles. The van der Waals surface area contributed by atoms with Crippen LogP contribution in [0.5, 0.6) is 0 Å². The highest BCUT2D eigenvalue weighted by atomic mass is 32.1. The number of thiazole rings is 1. The molecule has 1 N–H and O–H groups in total. The van der Waals surface area contributed by atoms with E-state index in [0.29, 0.717) is 5.92 Å². The first kappa shape index (κ1) is 9.16. The Bertz CT molecular complexity index is 293. The smallest absolute Gasteiger partial charge is 0.0900 e. The maximum Gasteiger partial charge on any atom is 0.0900 e. The summed E-state index contributed by atoms with van der Waals surface area (Å²) in [4.78, 5) is 6.16. The molecule has 0 saturated carbocycles. The summed E-state index contributed by atoms with van der Waals surface area (Å²) in [6, 6.07) is 0. The van der Waals surface area contributed by atoms with Crippen molar-refractivity contribution in [3.05, 3.63) is 15.6 Å². The largest absolute Gasteiger partial charge is 0.319 e. The van der Waals surface area contributed by atoms with Gasteiger partial charge in [0.1, 0.15) is 0 Å². The molecule has 1 atom stereocenters. The second kappa shape index (κ2) is 3.76. The van der Waals surface area contributed by atoms with Crippen molar-refractivity contribution >= 4 is 11.3 Å². The molecule has 13 heavy (non-hydrogen) atoms. The van der Waals surface area contributed by atoms with Crippen LogP contribution >= 0.6 is 11.3 Å². The third-order valence-corrected chi connectivity index (χ3v) is 3.67. The summed E-state index contributed by atoms with van der Waals surface area (Å²) < 4.78 is 0. The number of nitrogens with zero attached hydrogens (tertiary/aromatic N) is 1. The van der Waals surface area contributed by atoms with Gasteiger partial charge in [0.25, 0.3) is 0 Å². The first-order chi connectivity index (χ1) is 6.31. The summed E-state index contributed by atoms with van der Waals surface area (Å²) in [5.41, 5.74) is 1.38. The average molecular weight is 196 g/mol. The molecular weight excluding hydrogens is 180 g/mol. The molecule has 0 radical (unpaired) electrons. The zero-order valence-corrected chi connectivity index (χ0v) is 9.08. The number of hydrogen-bond acceptors (Lipinski definition) is 3. The number of fused-ring (bicyclic) bond motifs is 1. The molecule has 0 spiro atoms. The summed E-state index contributed by atoms with van der Waals surface area (Å²) >= 11 is 1.88. The number of nitrogens with one attached hydrogen (secondary N) is 1. The van der Waals surface area contributed by atoms with Crippen molar-refractivity contribution in [1.29, 1.82) is 0 Å². The zero-order chi connectivity index (χ0) is 9.26. The molecule has 1 heterocycles. The highest BCUT2D eigenvalue weighted by Gasteiger charge is 2.22. The van der Waals surface area contributed by atoms with Crippen molar-refractivity contribution in [2.24, 2.45) is 0 Å². The number of likely N-dealkylation sites (N-methyl/N-ethyl adjacent to an activating group) is 1. The molecule has 0 bridgehead atoms. The van der Waals surface area contributed by atoms with Crippen molar-refractivity contribution in [3.63, 3.8) is 0 Å². The Morgan fingerprint density at radius 3 is 3.23 bits per heavy atom. The van der Waals surface area contributed by atoms with E-state index in [1.165, 1.54) is 34.8 Å². The molecule has 1 aliphatic rings. The van der Waals surface area contributed by atoms with Crippen molar-refractivity contribution in [2.75, 3.05) is 13.6 Å². The van der Waals surface area contributed by atoms with E-state index < -0.39 is 0 Å². The van der Waals surface area contributed by atoms with Gasteiger partial charge in [-0.2, -0.15) is 0 Å². The Morgan fingerprint density at radius 2 is 2.46 bits per heavy atom. The van der Waals surface area contributed by atoms with Gasteiger partial charge < -0.3 is 5.32 Å². The quantitative estimate of drug-likeness (QED) is 0.783. The van der Waals surface area contributed by atoms with Gasteiger partial charge in [-0.25, -0.2) is 4.98 Å². The van der Waals surface area contributed by atoms with Gasteiger partial charge in [-0.1, -0.05) is 0 Å². The van der Waals surface area contributed by atoms with Gasteiger partial charge in [0.2, 0.25) is 0 Å². The minimum absolute atomic E-state index is 0.665. The molecular formula is C10H16N2S. The van der Waals surface area contributed by atoms with E-state index in [0.717, 1.165) is 6.54 Å². The second-order valence-corrected chi connectivity index (χ2v) is 4.98. The average Bonchev–Trinajstić information content (AvgIpc) is 2.47. The Kier molecular flexibility index (Phi) is 2.65. The van der Waals surface area contributed by atoms with Crippen LogP contribution in [-0.2, 0) is 6.42 Å². The third-order valence-electron chi connectivity index (χ3n) is 2.63. The van der Waals surface area contributed by atoms with E-state index in [2.05, 4.69) is 17.2 Å². The predicted octanol–water partition coefficient (Wildman–Crippen LogP) is 2.09. The molecule has 0 aromatic carbocycles. The molecule has 0 amide bonds. The lowest BCUT2D eigenvalue weighted by Gasteiger charge is -2.20. The van der Waals surface area contributed by atoms with Crippen LogP contribution in [0.3, 0.4) is 0 Å². The third kappa shape index (κ3) is 1.76. The van der Waals surface area contributed by atoms with Gasteiger partial charge in [-0.15, -0.1) is 11.3 Å². The molecule has 1 aromatic rings. The van der Waals surface area contributed by atoms with Crippen molar-refractivity contribution in [3.8, 4) is 0 Å². The summed E-state index contributed by atoms with van der Waals surface area (Å²) in [5.74, 6) is 0.665. The molecule has 1 aromatic heterocycles. The summed E-state index contributed by atoms with van der Waals surface area (Å²) in [6.45, 7) is 3.19. The fourth-order valence-corrected chi connectivity index (χ4v) is 3.14. The van der Waals surface area contributed by atoms with E-state index >= 15 is 0 Å². The Balaban J connectivity index is 2.25. The van der Waals surface area contributed by atoms with E-state index in [4.69, 9.17) is 0 Å². The lowest BCUT2D eigenvalue weighted by molar-refractivity contribution is 0.522. The van der Waals surface area contributed by atoms with Crippen LogP contribution in [0.15, 0.2) is 0 Å². The number of aromatic nitrogens is 1. The zero-order valence-electron chi connectivity index (χ0n) is 8.26. The van der Waals surface area contributed by atoms with Crippen LogP contribution in [0.4, 0.5) is 0 Å². The molecule has 2 nitrogen and oxygen atoms in total. The van der Waals surface area contributed by atoms with Crippen molar-refractivity contribution < 1.29 is 0 Å². The van der Waals surface area contributed by atoms with Crippen molar-refractivity contribution in [1.82, 2.24) is 10.3 Å². The minimum atomic E-state index is 0.665. The van der Waals surface area contributed by atoms with Gasteiger partial charge >= 0.3 is 0 Å². The molecule has 2 rings (SSSR count). The number of rotatable bonds is 2. The van der Waals surface area contributed by atoms with E-state index in [1.807, 2.05) is 18.4 Å². The monoisotopic (exact) mass is 196 g/mol. The van der Waals surface area contributed by atoms with Crippen LogP contribution in [-0.4, -0.2) is 18.6 Å². The van der Waals surface area contributed by atoms with Gasteiger partial charge in [0, 0.05) is 17.3 Å². The maximum atomic E-state index is 4.63. The van der Waals surface area contributed by atoms with Crippen LogP contribution < -0.4 is 5.32 Å². The maximum absolute atomic E-state index is 4.63. The number of hydrogen-bond donors (Lipinski definition) is 1.